The first kappa shape index (κ1) is 15.1. The Hall–Kier alpha value is -3.17. The van der Waals surface area contributed by atoms with Crippen molar-refractivity contribution < 1.29 is 4.79 Å². The second-order valence-electron chi connectivity index (χ2n) is 6.22. The maximum Gasteiger partial charge on any atom is 0.262 e. The smallest absolute Gasteiger partial charge is 0.262 e. The van der Waals surface area contributed by atoms with Crippen LogP contribution in [0.1, 0.15) is 10.4 Å². The monoisotopic (exact) mass is 353 g/mol. The second kappa shape index (κ2) is 5.97. The molecule has 0 radical (unpaired) electrons. The topological polar surface area (TPSA) is 22.0 Å². The minimum absolute atomic E-state index is 0.00683. The molecule has 0 saturated heterocycles. The average molecular weight is 353 g/mol. The Morgan fingerprint density at radius 2 is 1.38 bits per heavy atom. The number of carbonyl (C=O) groups is 1. The highest BCUT2D eigenvalue weighted by molar-refractivity contribution is 7.15. The number of hydrogen-bond donors (Lipinski definition) is 0. The summed E-state index contributed by atoms with van der Waals surface area (Å²) in [6, 6.07) is 27.9. The Balaban J connectivity index is 1.88. The van der Waals surface area contributed by atoms with Crippen LogP contribution in [-0.2, 0) is 0 Å². The van der Waals surface area contributed by atoms with Crippen LogP contribution in [0.3, 0.4) is 0 Å². The summed E-state index contributed by atoms with van der Waals surface area (Å²) < 4.78 is 1.87. The van der Waals surface area contributed by atoms with Gasteiger partial charge in [-0.1, -0.05) is 66.7 Å². The molecule has 2 heterocycles. The van der Waals surface area contributed by atoms with Crippen molar-refractivity contribution in [2.24, 2.45) is 0 Å². The van der Waals surface area contributed by atoms with Gasteiger partial charge in [-0.05, 0) is 23.8 Å². The SMILES string of the molecule is O=C(c1ccccc1)n1c2ccccc2c2csc(-c3ccccc3)c21. The zero-order valence-electron chi connectivity index (χ0n) is 13.9. The molecule has 0 atom stereocenters. The summed E-state index contributed by atoms with van der Waals surface area (Å²) in [6.07, 6.45) is 0. The number of aromatic nitrogens is 1. The maximum atomic E-state index is 13.4. The van der Waals surface area contributed by atoms with E-state index in [0.717, 1.165) is 32.2 Å². The van der Waals surface area contributed by atoms with E-state index in [0.29, 0.717) is 5.56 Å². The van der Waals surface area contributed by atoms with Crippen LogP contribution >= 0.6 is 11.3 Å². The van der Waals surface area contributed by atoms with Crippen molar-refractivity contribution in [2.75, 3.05) is 0 Å². The number of para-hydroxylation sites is 1. The summed E-state index contributed by atoms with van der Waals surface area (Å²) in [5.74, 6) is 0.00683. The quantitative estimate of drug-likeness (QED) is 0.370. The zero-order chi connectivity index (χ0) is 17.5. The number of benzene rings is 3. The number of fused-ring (bicyclic) bond motifs is 3. The van der Waals surface area contributed by atoms with Gasteiger partial charge in [-0.15, -0.1) is 11.3 Å². The van der Waals surface area contributed by atoms with Gasteiger partial charge in [-0.25, -0.2) is 0 Å². The molecule has 2 nitrogen and oxygen atoms in total. The van der Waals surface area contributed by atoms with Crippen LogP contribution in [0.15, 0.2) is 90.3 Å². The van der Waals surface area contributed by atoms with Gasteiger partial charge >= 0.3 is 0 Å². The van der Waals surface area contributed by atoms with Crippen molar-refractivity contribution in [2.45, 2.75) is 0 Å². The van der Waals surface area contributed by atoms with Gasteiger partial charge in [-0.3, -0.25) is 9.36 Å². The van der Waals surface area contributed by atoms with Crippen molar-refractivity contribution in [3.8, 4) is 10.4 Å². The number of nitrogens with zero attached hydrogens (tertiary/aromatic N) is 1. The highest BCUT2D eigenvalue weighted by atomic mass is 32.1. The molecule has 0 spiro atoms. The Bertz CT molecular complexity index is 1230. The molecule has 0 aliphatic carbocycles. The van der Waals surface area contributed by atoms with Gasteiger partial charge < -0.3 is 0 Å². The minimum atomic E-state index is 0.00683. The van der Waals surface area contributed by atoms with E-state index in [1.807, 2.05) is 71.3 Å². The largest absolute Gasteiger partial charge is 0.274 e. The molecule has 26 heavy (non-hydrogen) atoms. The fraction of sp³-hybridized carbons (Fsp3) is 0. The lowest BCUT2D eigenvalue weighted by atomic mass is 10.1. The molecule has 3 heteroatoms. The summed E-state index contributed by atoms with van der Waals surface area (Å²) in [5.41, 5.74) is 3.78. The summed E-state index contributed by atoms with van der Waals surface area (Å²) >= 11 is 1.69. The molecular formula is C23H15NOS. The van der Waals surface area contributed by atoms with Gasteiger partial charge in [0.1, 0.15) is 0 Å². The fourth-order valence-corrected chi connectivity index (χ4v) is 4.56. The molecule has 0 unspecified atom stereocenters. The van der Waals surface area contributed by atoms with E-state index in [2.05, 4.69) is 23.6 Å². The molecule has 0 N–H and O–H groups in total. The number of rotatable bonds is 2. The molecular weight excluding hydrogens is 338 g/mol. The first-order valence-corrected chi connectivity index (χ1v) is 9.38. The summed E-state index contributed by atoms with van der Waals surface area (Å²) in [4.78, 5) is 14.5. The second-order valence-corrected chi connectivity index (χ2v) is 7.10. The van der Waals surface area contributed by atoms with Crippen molar-refractivity contribution >= 4 is 39.0 Å². The van der Waals surface area contributed by atoms with Crippen LogP contribution in [-0.4, -0.2) is 10.5 Å². The Labute approximate surface area is 154 Å². The third kappa shape index (κ3) is 2.21. The number of hydrogen-bond acceptors (Lipinski definition) is 2. The first-order chi connectivity index (χ1) is 12.8. The van der Waals surface area contributed by atoms with Crippen molar-refractivity contribution in [3.63, 3.8) is 0 Å². The van der Waals surface area contributed by atoms with E-state index in [9.17, 15) is 4.79 Å². The molecule has 0 aliphatic rings. The predicted octanol–water partition coefficient (Wildman–Crippen LogP) is 6.21. The normalized spacial score (nSPS) is 11.2. The van der Waals surface area contributed by atoms with Crippen LogP contribution in [0.25, 0.3) is 32.2 Å². The lowest BCUT2D eigenvalue weighted by molar-refractivity contribution is 0.0969. The molecule has 0 fully saturated rings. The molecule has 5 rings (SSSR count). The van der Waals surface area contributed by atoms with Crippen LogP contribution in [0, 0.1) is 0 Å². The van der Waals surface area contributed by atoms with E-state index in [1.54, 1.807) is 11.3 Å². The third-order valence-electron chi connectivity index (χ3n) is 4.68. The van der Waals surface area contributed by atoms with E-state index in [1.165, 1.54) is 0 Å². The van der Waals surface area contributed by atoms with Crippen LogP contribution < -0.4 is 0 Å². The molecule has 0 bridgehead atoms. The summed E-state index contributed by atoms with van der Waals surface area (Å²) in [5, 5.41) is 4.41. The predicted molar refractivity (Wildman–Crippen MR) is 109 cm³/mol. The lowest BCUT2D eigenvalue weighted by Gasteiger charge is -2.08. The van der Waals surface area contributed by atoms with E-state index >= 15 is 0 Å². The molecule has 0 aliphatic heterocycles. The summed E-state index contributed by atoms with van der Waals surface area (Å²) in [6.45, 7) is 0. The van der Waals surface area contributed by atoms with Gasteiger partial charge in [0.2, 0.25) is 0 Å². The number of thiophene rings is 1. The van der Waals surface area contributed by atoms with E-state index in [4.69, 9.17) is 0 Å². The highest BCUT2D eigenvalue weighted by Gasteiger charge is 2.21. The molecule has 124 valence electrons. The Morgan fingerprint density at radius 3 is 2.15 bits per heavy atom. The van der Waals surface area contributed by atoms with Gasteiger partial charge in [0.25, 0.3) is 5.91 Å². The molecule has 5 aromatic rings. The minimum Gasteiger partial charge on any atom is -0.274 e. The maximum absolute atomic E-state index is 13.4. The molecule has 0 saturated carbocycles. The van der Waals surface area contributed by atoms with E-state index in [-0.39, 0.29) is 5.91 Å². The Morgan fingerprint density at radius 1 is 0.731 bits per heavy atom. The van der Waals surface area contributed by atoms with Crippen LogP contribution in [0.5, 0.6) is 0 Å². The molecule has 2 aromatic heterocycles. The fourth-order valence-electron chi connectivity index (χ4n) is 3.50. The standard InChI is InChI=1S/C23H15NOS/c25-23(17-11-5-2-6-12-17)24-20-14-8-7-13-18(20)19-15-26-22(21(19)24)16-9-3-1-4-10-16/h1-15H. The van der Waals surface area contributed by atoms with E-state index < -0.39 is 0 Å². The van der Waals surface area contributed by atoms with Crippen molar-refractivity contribution in [3.05, 3.63) is 95.9 Å². The molecule has 3 aromatic carbocycles. The van der Waals surface area contributed by atoms with Crippen molar-refractivity contribution in [1.29, 1.82) is 0 Å². The van der Waals surface area contributed by atoms with Gasteiger partial charge in [0, 0.05) is 21.7 Å². The average Bonchev–Trinajstić information content (AvgIpc) is 3.27. The van der Waals surface area contributed by atoms with Gasteiger partial charge in [0.05, 0.1) is 15.9 Å². The number of carbonyl (C=O) groups excluding carboxylic acids is 1. The summed E-state index contributed by atoms with van der Waals surface area (Å²) in [7, 11) is 0. The zero-order valence-corrected chi connectivity index (χ0v) is 14.7. The van der Waals surface area contributed by atoms with Crippen LogP contribution in [0.2, 0.25) is 0 Å². The van der Waals surface area contributed by atoms with Crippen LogP contribution in [0.4, 0.5) is 0 Å². The Kier molecular flexibility index (Phi) is 3.47. The highest BCUT2D eigenvalue weighted by Crippen LogP contribution is 2.40. The lowest BCUT2D eigenvalue weighted by Crippen LogP contribution is -2.11. The first-order valence-electron chi connectivity index (χ1n) is 8.50. The van der Waals surface area contributed by atoms with Gasteiger partial charge in [-0.2, -0.15) is 0 Å². The third-order valence-corrected chi connectivity index (χ3v) is 5.70. The van der Waals surface area contributed by atoms with Gasteiger partial charge in [0.15, 0.2) is 0 Å². The molecule has 0 amide bonds. The van der Waals surface area contributed by atoms with Crippen molar-refractivity contribution in [1.82, 2.24) is 4.57 Å².